The molecule has 0 amide bonds. The van der Waals surface area contributed by atoms with Gasteiger partial charge in [-0.1, -0.05) is 84.9 Å². The molecule has 11 heteroatoms. The number of ether oxygens (including phenoxy) is 1. The molecule has 0 aliphatic rings. The molecule has 4 aromatic rings. The summed E-state index contributed by atoms with van der Waals surface area (Å²) in [7, 11) is -0.369. The zero-order chi connectivity index (χ0) is 30.3. The fourth-order valence-corrected chi connectivity index (χ4v) is 8.40. The third-order valence-corrected chi connectivity index (χ3v) is 11.2. The van der Waals surface area contributed by atoms with Gasteiger partial charge in [-0.2, -0.15) is 15.3 Å². The number of amidine groups is 2. The second kappa shape index (κ2) is 18.3. The van der Waals surface area contributed by atoms with E-state index in [1.165, 1.54) is 15.9 Å². The van der Waals surface area contributed by atoms with E-state index in [-0.39, 0.29) is 27.4 Å². The van der Waals surface area contributed by atoms with Crippen molar-refractivity contribution in [2.45, 2.75) is 6.92 Å². The maximum absolute atomic E-state index is 6.40. The molecule has 0 aromatic heterocycles. The number of nitrogens with zero attached hydrogens (tertiary/aromatic N) is 4. The van der Waals surface area contributed by atoms with Gasteiger partial charge in [0.05, 0.1) is 12.3 Å². The van der Waals surface area contributed by atoms with Crippen LogP contribution >= 0.6 is 7.26 Å². The van der Waals surface area contributed by atoms with Crippen molar-refractivity contribution in [3.8, 4) is 0 Å². The molecule has 0 heterocycles. The second-order valence-corrected chi connectivity index (χ2v) is 13.5. The number of benzene rings is 4. The van der Waals surface area contributed by atoms with Crippen LogP contribution in [0.3, 0.4) is 0 Å². The summed E-state index contributed by atoms with van der Waals surface area (Å²) in [5, 5.41) is 27.1. The molecule has 2 N–H and O–H groups in total. The Morgan fingerprint density at radius 2 is 1.11 bits per heavy atom. The van der Waals surface area contributed by atoms with Crippen molar-refractivity contribution in [2.75, 3.05) is 26.5 Å². The normalized spacial score (nSPS) is 12.8. The molecule has 0 saturated heterocycles. The minimum atomic E-state index is -2.06. The summed E-state index contributed by atoms with van der Waals surface area (Å²) in [5.74, 6) is 0. The first-order valence-electron chi connectivity index (χ1n) is 13.8. The second-order valence-electron chi connectivity index (χ2n) is 9.34. The molecule has 0 saturated carbocycles. The van der Waals surface area contributed by atoms with E-state index in [0.29, 0.717) is 30.9 Å². The Kier molecular flexibility index (Phi) is 14.6. The molecule has 0 spiro atoms. The third kappa shape index (κ3) is 9.50. The summed E-state index contributed by atoms with van der Waals surface area (Å²) >= 11 is 10.5. The summed E-state index contributed by atoms with van der Waals surface area (Å²) in [5.41, 5.74) is 1.95. The summed E-state index contributed by atoms with van der Waals surface area (Å²) in [6, 6.07) is 41.6. The molecular formula is C33H34CuN6OPS2+. The topological polar surface area (TPSA) is 82.7 Å². The quantitative estimate of drug-likeness (QED) is 0.0440. The van der Waals surface area contributed by atoms with E-state index >= 15 is 0 Å². The molecule has 0 bridgehead atoms. The van der Waals surface area contributed by atoms with Crippen molar-refractivity contribution in [1.29, 1.82) is 0 Å². The standard InChI is InChI=1S/C33H35N6OPS2.Cu/c1-26(31(37-38-32(42)34-2)27-15-7-3-8-16-27)36-39-33(43)35-23-24-40-25-41(28-17-9-4-10-18-28,29-19-11-5-12-20-29)30-21-13-6-14-22-30;/h3-22H,23-25H2,1-2H3,(H3-,34,35,36,37,38,39,42,43);/q;+2/p-1. The molecule has 0 fully saturated rings. The smallest absolute Gasteiger partial charge is 0.741 e. The molecule has 0 unspecified atom stereocenters. The number of nitrogens with one attached hydrogen (secondary N) is 2. The van der Waals surface area contributed by atoms with Gasteiger partial charge in [0.1, 0.15) is 28.9 Å². The predicted octanol–water partition coefficient (Wildman–Crippen LogP) is 4.35. The van der Waals surface area contributed by atoms with Gasteiger partial charge in [-0.15, -0.1) is 5.10 Å². The Balaban J connectivity index is 0.00000529. The first-order chi connectivity index (χ1) is 21.0. The first kappa shape index (κ1) is 35.0. The summed E-state index contributed by atoms with van der Waals surface area (Å²) in [6.07, 6.45) is 0.558. The maximum atomic E-state index is 6.40. The van der Waals surface area contributed by atoms with Gasteiger partial charge in [-0.3, -0.25) is 0 Å². The van der Waals surface area contributed by atoms with Gasteiger partial charge in [0.25, 0.3) is 0 Å². The van der Waals surface area contributed by atoms with Gasteiger partial charge in [0.2, 0.25) is 0 Å². The van der Waals surface area contributed by atoms with Crippen LogP contribution in [0.1, 0.15) is 12.5 Å². The van der Waals surface area contributed by atoms with E-state index in [1.54, 1.807) is 14.0 Å². The van der Waals surface area contributed by atoms with E-state index in [2.05, 4.69) is 104 Å². The molecular weight excluding hydrogens is 655 g/mol. The van der Waals surface area contributed by atoms with Crippen LogP contribution in [-0.2, 0) is 47.1 Å². The fourth-order valence-electron chi connectivity index (χ4n) is 4.43. The predicted molar refractivity (Wildman–Crippen MR) is 189 cm³/mol. The molecule has 229 valence electrons. The van der Waals surface area contributed by atoms with Crippen LogP contribution in [0, 0.1) is 0 Å². The Bertz CT molecular complexity index is 1460. The molecule has 4 rings (SSSR count). The molecule has 0 atom stereocenters. The van der Waals surface area contributed by atoms with Crippen LogP contribution in [0.25, 0.3) is 0 Å². The summed E-state index contributed by atoms with van der Waals surface area (Å²) < 4.78 is 6.40. The monoisotopic (exact) mass is 688 g/mol. The van der Waals surface area contributed by atoms with Gasteiger partial charge >= 0.3 is 17.1 Å². The Hall–Kier alpha value is -3.49. The van der Waals surface area contributed by atoms with E-state index in [1.807, 2.05) is 48.5 Å². The van der Waals surface area contributed by atoms with Gasteiger partial charge in [0, 0.05) is 19.2 Å². The van der Waals surface area contributed by atoms with Crippen LogP contribution in [0.5, 0.6) is 0 Å². The van der Waals surface area contributed by atoms with E-state index in [0.717, 1.165) is 5.56 Å². The van der Waals surface area contributed by atoms with Crippen molar-refractivity contribution in [2.24, 2.45) is 20.4 Å². The number of hydrogen-bond donors (Lipinski definition) is 2. The van der Waals surface area contributed by atoms with Crippen LogP contribution < -0.4 is 26.5 Å². The maximum Gasteiger partial charge on any atom is 2.00 e. The summed E-state index contributed by atoms with van der Waals surface area (Å²) in [6.45, 7) is 2.74. The SMILES string of the molecule is CN/C([S-])=N/N=C(/C(C)=N/N=C(\[S-])NCCOC[P+](c1ccccc1)(c1ccccc1)c1ccccc1)c1ccccc1.[Cu+2]. The van der Waals surface area contributed by atoms with Crippen LogP contribution in [-0.4, -0.2) is 48.3 Å². The van der Waals surface area contributed by atoms with Crippen molar-refractivity contribution >= 4 is 70.2 Å². The van der Waals surface area contributed by atoms with E-state index < -0.39 is 7.26 Å². The Morgan fingerprint density at radius 3 is 1.59 bits per heavy atom. The average molecular weight is 689 g/mol. The van der Waals surface area contributed by atoms with Crippen LogP contribution in [0.15, 0.2) is 142 Å². The largest absolute Gasteiger partial charge is 2.00 e. The molecule has 4 aromatic carbocycles. The van der Waals surface area contributed by atoms with Crippen molar-refractivity contribution in [3.63, 3.8) is 0 Å². The average Bonchev–Trinajstić information content (AvgIpc) is 3.07. The van der Waals surface area contributed by atoms with E-state index in [4.69, 9.17) is 30.0 Å². The molecule has 7 nitrogen and oxygen atoms in total. The van der Waals surface area contributed by atoms with Gasteiger partial charge in [0.15, 0.2) is 6.35 Å². The molecule has 0 aliphatic carbocycles. The number of rotatable bonds is 12. The Morgan fingerprint density at radius 1 is 0.659 bits per heavy atom. The van der Waals surface area contributed by atoms with Crippen molar-refractivity contribution in [3.05, 3.63) is 127 Å². The third-order valence-electron chi connectivity index (χ3n) is 6.53. The molecule has 44 heavy (non-hydrogen) atoms. The van der Waals surface area contributed by atoms with Crippen molar-refractivity contribution < 1.29 is 21.8 Å². The van der Waals surface area contributed by atoms with Gasteiger partial charge in [-0.25, -0.2) is 0 Å². The minimum Gasteiger partial charge on any atom is -0.741 e. The molecule has 0 aliphatic heterocycles. The van der Waals surface area contributed by atoms with Crippen LogP contribution in [0.4, 0.5) is 0 Å². The summed E-state index contributed by atoms with van der Waals surface area (Å²) in [4.78, 5) is 0. The fraction of sp³-hybridized carbons (Fsp3) is 0.152. The van der Waals surface area contributed by atoms with Crippen molar-refractivity contribution in [1.82, 2.24) is 10.6 Å². The zero-order valence-electron chi connectivity index (χ0n) is 24.4. The van der Waals surface area contributed by atoms with Gasteiger partial charge in [-0.05, 0) is 53.7 Å². The zero-order valence-corrected chi connectivity index (χ0v) is 27.9. The first-order valence-corrected chi connectivity index (χ1v) is 16.6. The van der Waals surface area contributed by atoms with Gasteiger partial charge < -0.3 is 40.6 Å². The number of hydrogen-bond acceptors (Lipinski definition) is 7. The molecule has 1 radical (unpaired) electrons. The van der Waals surface area contributed by atoms with Crippen LogP contribution in [0.2, 0.25) is 0 Å². The Labute approximate surface area is 282 Å². The van der Waals surface area contributed by atoms with E-state index in [9.17, 15) is 0 Å². The minimum absolute atomic E-state index is 0.